The molecular weight excluding hydrogens is 340 g/mol. The van der Waals surface area contributed by atoms with Crippen molar-refractivity contribution in [3.63, 3.8) is 0 Å². The highest BCUT2D eigenvalue weighted by atomic mass is 16.5. The summed E-state index contributed by atoms with van der Waals surface area (Å²) in [4.78, 5) is 11.1. The maximum Gasteiger partial charge on any atom is 0.193 e. The second-order valence-corrected chi connectivity index (χ2v) is 6.24. The van der Waals surface area contributed by atoms with Crippen LogP contribution in [0.3, 0.4) is 0 Å². The molecule has 2 aromatic rings. The summed E-state index contributed by atoms with van der Waals surface area (Å²) in [6.07, 6.45) is 2.79. The van der Waals surface area contributed by atoms with Gasteiger partial charge in [0, 0.05) is 32.0 Å². The molecule has 1 aromatic heterocycles. The molecule has 0 aliphatic carbocycles. The van der Waals surface area contributed by atoms with Crippen molar-refractivity contribution in [1.82, 2.24) is 15.2 Å². The molecule has 0 aliphatic heterocycles. The Labute approximate surface area is 162 Å². The van der Waals surface area contributed by atoms with E-state index in [4.69, 9.17) is 14.5 Å². The van der Waals surface area contributed by atoms with Crippen LogP contribution >= 0.6 is 0 Å². The van der Waals surface area contributed by atoms with Crippen LogP contribution in [0.5, 0.6) is 11.5 Å². The van der Waals surface area contributed by atoms with E-state index in [1.165, 1.54) is 5.56 Å². The molecule has 1 heterocycles. The van der Waals surface area contributed by atoms with Crippen molar-refractivity contribution >= 4 is 5.96 Å². The van der Waals surface area contributed by atoms with Gasteiger partial charge in [-0.2, -0.15) is 0 Å². The fourth-order valence-electron chi connectivity index (χ4n) is 2.49. The highest BCUT2D eigenvalue weighted by Crippen LogP contribution is 2.16. The number of hydrogen-bond acceptors (Lipinski definition) is 4. The monoisotopic (exact) mass is 370 g/mol. The van der Waals surface area contributed by atoms with Crippen molar-refractivity contribution in [2.24, 2.45) is 4.99 Å². The lowest BCUT2D eigenvalue weighted by Crippen LogP contribution is -2.41. The predicted molar refractivity (Wildman–Crippen MR) is 110 cm³/mol. The summed E-state index contributed by atoms with van der Waals surface area (Å²) in [5.41, 5.74) is 2.23. The van der Waals surface area contributed by atoms with E-state index >= 15 is 0 Å². The number of hydrogen-bond donors (Lipinski definition) is 1. The Hall–Kier alpha value is -2.76. The first-order valence-corrected chi connectivity index (χ1v) is 9.30. The van der Waals surface area contributed by atoms with Crippen LogP contribution in [-0.4, -0.2) is 56.2 Å². The SMILES string of the molecule is CCNC(=NCCc1ccc(C)nc1)N(C)CCOc1ccc(OC)cc1. The van der Waals surface area contributed by atoms with Gasteiger partial charge in [0.05, 0.1) is 13.7 Å². The second kappa shape index (κ2) is 11.1. The molecule has 146 valence electrons. The number of nitrogens with zero attached hydrogens (tertiary/aromatic N) is 3. The van der Waals surface area contributed by atoms with Crippen LogP contribution in [0.1, 0.15) is 18.2 Å². The molecule has 0 unspecified atom stereocenters. The third-order valence-electron chi connectivity index (χ3n) is 4.09. The number of aromatic nitrogens is 1. The molecule has 0 fully saturated rings. The summed E-state index contributed by atoms with van der Waals surface area (Å²) in [6, 6.07) is 11.8. The topological polar surface area (TPSA) is 59.0 Å². The van der Waals surface area contributed by atoms with Crippen LogP contribution in [0.2, 0.25) is 0 Å². The van der Waals surface area contributed by atoms with Crippen molar-refractivity contribution < 1.29 is 9.47 Å². The number of guanidine groups is 1. The van der Waals surface area contributed by atoms with Gasteiger partial charge in [0.15, 0.2) is 5.96 Å². The van der Waals surface area contributed by atoms with E-state index in [1.54, 1.807) is 7.11 Å². The van der Waals surface area contributed by atoms with Gasteiger partial charge in [-0.15, -0.1) is 0 Å². The van der Waals surface area contributed by atoms with E-state index in [2.05, 4.69) is 28.2 Å². The smallest absolute Gasteiger partial charge is 0.193 e. The Bertz CT molecular complexity index is 699. The van der Waals surface area contributed by atoms with E-state index in [1.807, 2.05) is 50.5 Å². The lowest BCUT2D eigenvalue weighted by atomic mass is 10.2. The van der Waals surface area contributed by atoms with Crippen LogP contribution < -0.4 is 14.8 Å². The summed E-state index contributed by atoms with van der Waals surface area (Å²) in [5.74, 6) is 2.54. The highest BCUT2D eigenvalue weighted by molar-refractivity contribution is 5.79. The lowest BCUT2D eigenvalue weighted by molar-refractivity contribution is 0.281. The molecule has 6 nitrogen and oxygen atoms in total. The molecule has 2 rings (SSSR count). The number of aryl methyl sites for hydroxylation is 1. The molecular formula is C21H30N4O2. The molecule has 0 saturated carbocycles. The third-order valence-corrected chi connectivity index (χ3v) is 4.09. The average molecular weight is 370 g/mol. The van der Waals surface area contributed by atoms with Crippen molar-refractivity contribution in [2.45, 2.75) is 20.3 Å². The number of ether oxygens (including phenoxy) is 2. The van der Waals surface area contributed by atoms with Gasteiger partial charge in [0.1, 0.15) is 18.1 Å². The first-order chi connectivity index (χ1) is 13.1. The van der Waals surface area contributed by atoms with Crippen LogP contribution in [0.4, 0.5) is 0 Å². The number of likely N-dealkylation sites (N-methyl/N-ethyl adjacent to an activating group) is 1. The quantitative estimate of drug-likeness (QED) is 0.543. The Morgan fingerprint density at radius 2 is 1.89 bits per heavy atom. The van der Waals surface area contributed by atoms with Gasteiger partial charge in [0.2, 0.25) is 0 Å². The Morgan fingerprint density at radius 3 is 2.52 bits per heavy atom. The van der Waals surface area contributed by atoms with Gasteiger partial charge < -0.3 is 19.7 Å². The largest absolute Gasteiger partial charge is 0.497 e. The zero-order valence-corrected chi connectivity index (χ0v) is 16.7. The van der Waals surface area contributed by atoms with Crippen LogP contribution in [0.15, 0.2) is 47.6 Å². The van der Waals surface area contributed by atoms with Crippen LogP contribution in [0, 0.1) is 6.92 Å². The van der Waals surface area contributed by atoms with E-state index in [9.17, 15) is 0 Å². The normalized spacial score (nSPS) is 11.2. The minimum Gasteiger partial charge on any atom is -0.497 e. The number of pyridine rings is 1. The zero-order chi connectivity index (χ0) is 19.5. The number of nitrogens with one attached hydrogen (secondary N) is 1. The molecule has 0 saturated heterocycles. The number of methoxy groups -OCH3 is 1. The van der Waals surface area contributed by atoms with Crippen LogP contribution in [-0.2, 0) is 6.42 Å². The number of benzene rings is 1. The zero-order valence-electron chi connectivity index (χ0n) is 16.7. The number of rotatable bonds is 9. The summed E-state index contributed by atoms with van der Waals surface area (Å²) >= 11 is 0. The summed E-state index contributed by atoms with van der Waals surface area (Å²) < 4.78 is 11.0. The first kappa shape index (κ1) is 20.6. The van der Waals surface area contributed by atoms with Gasteiger partial charge in [-0.25, -0.2) is 0 Å². The summed E-state index contributed by atoms with van der Waals surface area (Å²) in [6.45, 7) is 6.93. The van der Waals surface area contributed by atoms with E-state index in [0.717, 1.165) is 49.2 Å². The molecule has 0 spiro atoms. The van der Waals surface area contributed by atoms with Crippen LogP contribution in [0.25, 0.3) is 0 Å². The maximum atomic E-state index is 5.80. The fraction of sp³-hybridized carbons (Fsp3) is 0.429. The summed E-state index contributed by atoms with van der Waals surface area (Å²) in [7, 11) is 3.67. The molecule has 6 heteroatoms. The molecule has 0 amide bonds. The maximum absolute atomic E-state index is 5.80. The standard InChI is InChI=1S/C21H30N4O2/c1-5-22-21(23-13-12-18-7-6-17(2)24-16-18)25(3)14-15-27-20-10-8-19(26-4)9-11-20/h6-11,16H,5,12-15H2,1-4H3,(H,22,23). The van der Waals surface area contributed by atoms with Gasteiger partial charge in [-0.05, 0) is 56.2 Å². The van der Waals surface area contributed by atoms with E-state index < -0.39 is 0 Å². The number of aliphatic imine (C=N–C) groups is 1. The molecule has 0 atom stereocenters. The van der Waals surface area contributed by atoms with E-state index in [0.29, 0.717) is 6.61 Å². The predicted octanol–water partition coefficient (Wildman–Crippen LogP) is 2.92. The third kappa shape index (κ3) is 7.17. The Balaban J connectivity index is 1.81. The summed E-state index contributed by atoms with van der Waals surface area (Å²) in [5, 5.41) is 3.33. The van der Waals surface area contributed by atoms with Gasteiger partial charge in [0.25, 0.3) is 0 Å². The fourth-order valence-corrected chi connectivity index (χ4v) is 2.49. The van der Waals surface area contributed by atoms with Gasteiger partial charge in [-0.1, -0.05) is 6.07 Å². The van der Waals surface area contributed by atoms with Crippen molar-refractivity contribution in [3.05, 3.63) is 53.9 Å². The highest BCUT2D eigenvalue weighted by Gasteiger charge is 2.06. The Kier molecular flexibility index (Phi) is 8.42. The minimum absolute atomic E-state index is 0.578. The van der Waals surface area contributed by atoms with E-state index in [-0.39, 0.29) is 0 Å². The lowest BCUT2D eigenvalue weighted by Gasteiger charge is -2.22. The molecule has 0 bridgehead atoms. The molecule has 27 heavy (non-hydrogen) atoms. The molecule has 0 aliphatic rings. The average Bonchev–Trinajstić information content (AvgIpc) is 2.69. The molecule has 1 N–H and O–H groups in total. The van der Waals surface area contributed by atoms with Crippen molar-refractivity contribution in [2.75, 3.05) is 40.4 Å². The van der Waals surface area contributed by atoms with Gasteiger partial charge >= 0.3 is 0 Å². The molecule has 1 aromatic carbocycles. The Morgan fingerprint density at radius 1 is 1.15 bits per heavy atom. The second-order valence-electron chi connectivity index (χ2n) is 6.24. The first-order valence-electron chi connectivity index (χ1n) is 9.30. The van der Waals surface area contributed by atoms with Crippen molar-refractivity contribution in [1.29, 1.82) is 0 Å². The van der Waals surface area contributed by atoms with Gasteiger partial charge in [-0.3, -0.25) is 9.98 Å². The molecule has 0 radical (unpaired) electrons. The van der Waals surface area contributed by atoms with Crippen molar-refractivity contribution in [3.8, 4) is 11.5 Å². The minimum atomic E-state index is 0.578.